The number of hydrogen-bond donors (Lipinski definition) is 0. The smallest absolute Gasteiger partial charge is 0.0501 e. The van der Waals surface area contributed by atoms with E-state index < -0.39 is 0 Å². The molecular formula is C25H32N2. The third-order valence-electron chi connectivity index (χ3n) is 6.99. The number of benzene rings is 1. The van der Waals surface area contributed by atoms with Gasteiger partial charge in [0.05, 0.1) is 6.04 Å². The summed E-state index contributed by atoms with van der Waals surface area (Å²) in [5.41, 5.74) is 7.70. The van der Waals surface area contributed by atoms with E-state index in [1.807, 2.05) is 0 Å². The van der Waals surface area contributed by atoms with Crippen LogP contribution in [0.1, 0.15) is 67.8 Å². The summed E-state index contributed by atoms with van der Waals surface area (Å²) in [5, 5.41) is 1.53. The molecule has 4 aliphatic rings. The minimum Gasteiger partial charge on any atom is -0.342 e. The van der Waals surface area contributed by atoms with Gasteiger partial charge in [-0.1, -0.05) is 42.4 Å². The zero-order valence-corrected chi connectivity index (χ0v) is 17.0. The first-order valence-corrected chi connectivity index (χ1v) is 10.8. The number of aryl methyl sites for hydroxylation is 1. The minimum absolute atomic E-state index is 0.564. The average Bonchev–Trinajstić information content (AvgIpc) is 2.98. The zero-order valence-electron chi connectivity index (χ0n) is 17.0. The van der Waals surface area contributed by atoms with Crippen molar-refractivity contribution in [3.05, 3.63) is 58.8 Å². The van der Waals surface area contributed by atoms with Gasteiger partial charge in [0, 0.05) is 29.7 Å². The highest BCUT2D eigenvalue weighted by molar-refractivity contribution is 5.87. The van der Waals surface area contributed by atoms with E-state index in [0.29, 0.717) is 12.0 Å². The molecule has 3 unspecified atom stereocenters. The molecule has 3 atom stereocenters. The molecule has 2 nitrogen and oxygen atoms in total. The Morgan fingerprint density at radius 3 is 2.93 bits per heavy atom. The van der Waals surface area contributed by atoms with Crippen molar-refractivity contribution in [2.45, 2.75) is 64.5 Å². The van der Waals surface area contributed by atoms with E-state index in [2.05, 4.69) is 66.8 Å². The molecule has 1 saturated heterocycles. The summed E-state index contributed by atoms with van der Waals surface area (Å²) in [5.74, 6) is 1.28. The second kappa shape index (κ2) is 6.67. The van der Waals surface area contributed by atoms with Gasteiger partial charge in [0.15, 0.2) is 0 Å². The van der Waals surface area contributed by atoms with Crippen LogP contribution < -0.4 is 0 Å². The van der Waals surface area contributed by atoms with Crippen LogP contribution in [-0.2, 0) is 6.54 Å². The van der Waals surface area contributed by atoms with Gasteiger partial charge < -0.3 is 4.57 Å². The Labute approximate surface area is 163 Å². The van der Waals surface area contributed by atoms with Gasteiger partial charge in [-0.05, 0) is 75.6 Å². The van der Waals surface area contributed by atoms with Crippen LogP contribution in [0.4, 0.5) is 0 Å². The van der Waals surface area contributed by atoms with Gasteiger partial charge in [0.25, 0.3) is 0 Å². The molecule has 2 aliphatic carbocycles. The van der Waals surface area contributed by atoms with Gasteiger partial charge >= 0.3 is 0 Å². The van der Waals surface area contributed by atoms with Crippen molar-refractivity contribution in [2.24, 2.45) is 5.92 Å². The van der Waals surface area contributed by atoms with Gasteiger partial charge in [-0.15, -0.1) is 0 Å². The summed E-state index contributed by atoms with van der Waals surface area (Å²) in [6.45, 7) is 6.96. The first kappa shape index (κ1) is 17.3. The summed E-state index contributed by atoms with van der Waals surface area (Å²) in [6.07, 6.45) is 13.7. The predicted molar refractivity (Wildman–Crippen MR) is 114 cm³/mol. The normalized spacial score (nSPS) is 27.4. The lowest BCUT2D eigenvalue weighted by Crippen LogP contribution is -2.40. The van der Waals surface area contributed by atoms with Gasteiger partial charge in [0.2, 0.25) is 0 Å². The van der Waals surface area contributed by atoms with Gasteiger partial charge in [0.1, 0.15) is 0 Å². The molecule has 1 aromatic carbocycles. The maximum absolute atomic E-state index is 2.69. The third-order valence-corrected chi connectivity index (χ3v) is 6.99. The van der Waals surface area contributed by atoms with E-state index in [1.54, 1.807) is 11.3 Å². The quantitative estimate of drug-likeness (QED) is 0.640. The van der Waals surface area contributed by atoms with Crippen molar-refractivity contribution in [3.63, 3.8) is 0 Å². The molecule has 142 valence electrons. The monoisotopic (exact) mass is 360 g/mol. The van der Waals surface area contributed by atoms with Crippen LogP contribution in [0.25, 0.3) is 10.9 Å². The molecule has 1 aromatic heterocycles. The van der Waals surface area contributed by atoms with Crippen LogP contribution in [0.5, 0.6) is 0 Å². The molecule has 2 bridgehead atoms. The topological polar surface area (TPSA) is 8.17 Å². The van der Waals surface area contributed by atoms with Crippen molar-refractivity contribution in [2.75, 3.05) is 13.6 Å². The third kappa shape index (κ3) is 2.89. The predicted octanol–water partition coefficient (Wildman–Crippen LogP) is 6.12. The van der Waals surface area contributed by atoms with Crippen LogP contribution in [0, 0.1) is 12.8 Å². The molecule has 0 spiro atoms. The first-order chi connectivity index (χ1) is 13.1. The number of aromatic nitrogens is 1. The standard InChI is InChI=1S/C25H32N2/c1-17-9-11-22-21(14-17)24-20-10-12-23(26(3)16-20)25(24)27(22)15-18(2)13-19-7-5-4-6-8-19/h5,7,9,11,13-14,18,20,23H,4,6,8,10,12,15-16H2,1-3H3. The Morgan fingerprint density at radius 1 is 1.26 bits per heavy atom. The van der Waals surface area contributed by atoms with E-state index in [-0.39, 0.29) is 0 Å². The summed E-state index contributed by atoms with van der Waals surface area (Å²) in [7, 11) is 2.32. The van der Waals surface area contributed by atoms with E-state index in [9.17, 15) is 0 Å². The molecule has 0 saturated carbocycles. The van der Waals surface area contributed by atoms with Gasteiger partial charge in [-0.25, -0.2) is 0 Å². The van der Waals surface area contributed by atoms with Crippen molar-refractivity contribution in [1.29, 1.82) is 0 Å². The number of rotatable bonds is 3. The van der Waals surface area contributed by atoms with Crippen molar-refractivity contribution < 1.29 is 0 Å². The Morgan fingerprint density at radius 2 is 2.15 bits per heavy atom. The van der Waals surface area contributed by atoms with Crippen LogP contribution in [0.3, 0.4) is 0 Å². The molecule has 6 rings (SSSR count). The Balaban J connectivity index is 1.60. The van der Waals surface area contributed by atoms with Crippen molar-refractivity contribution in [3.8, 4) is 0 Å². The highest BCUT2D eigenvalue weighted by atomic mass is 15.2. The summed E-state index contributed by atoms with van der Waals surface area (Å²) in [6, 6.07) is 7.72. The highest BCUT2D eigenvalue weighted by Crippen LogP contribution is 2.50. The SMILES string of the molecule is Cc1ccc2c(c1)c1c(n2CC(C)C=C2C=CCCC2)C2CCC1CN2C. The number of fused-ring (bicyclic) bond motifs is 3. The lowest BCUT2D eigenvalue weighted by Gasteiger charge is -2.44. The number of piperidine rings is 1. The Kier molecular flexibility index (Phi) is 4.27. The molecule has 27 heavy (non-hydrogen) atoms. The van der Waals surface area contributed by atoms with Crippen LogP contribution in [-0.4, -0.2) is 23.1 Å². The van der Waals surface area contributed by atoms with Crippen LogP contribution in [0.2, 0.25) is 0 Å². The molecule has 0 N–H and O–H groups in total. The van der Waals surface area contributed by atoms with Crippen molar-refractivity contribution in [1.82, 2.24) is 9.47 Å². The van der Waals surface area contributed by atoms with Crippen LogP contribution >= 0.6 is 0 Å². The Bertz CT molecular complexity index is 929. The first-order valence-electron chi connectivity index (χ1n) is 10.8. The zero-order chi connectivity index (χ0) is 18.5. The molecule has 2 heteroatoms. The van der Waals surface area contributed by atoms with E-state index in [4.69, 9.17) is 0 Å². The molecule has 0 radical (unpaired) electrons. The maximum Gasteiger partial charge on any atom is 0.0501 e. The fraction of sp³-hybridized carbons (Fsp3) is 0.520. The van der Waals surface area contributed by atoms with E-state index >= 15 is 0 Å². The molecule has 1 fully saturated rings. The summed E-state index contributed by atoms with van der Waals surface area (Å²) in [4.78, 5) is 2.60. The highest BCUT2D eigenvalue weighted by Gasteiger charge is 2.40. The molecule has 3 heterocycles. The number of hydrogen-bond acceptors (Lipinski definition) is 1. The molecule has 2 aromatic rings. The van der Waals surface area contributed by atoms with E-state index in [0.717, 1.165) is 12.5 Å². The second-order valence-corrected chi connectivity index (χ2v) is 9.17. The van der Waals surface area contributed by atoms with Crippen molar-refractivity contribution >= 4 is 10.9 Å². The number of nitrogens with zero attached hydrogens (tertiary/aromatic N) is 2. The largest absolute Gasteiger partial charge is 0.342 e. The minimum atomic E-state index is 0.564. The lowest BCUT2D eigenvalue weighted by molar-refractivity contribution is 0.138. The average molecular weight is 361 g/mol. The van der Waals surface area contributed by atoms with Gasteiger partial charge in [-0.2, -0.15) is 0 Å². The summed E-state index contributed by atoms with van der Waals surface area (Å²) < 4.78 is 2.69. The lowest BCUT2D eigenvalue weighted by atomic mass is 9.77. The Hall–Kier alpha value is -1.80. The fourth-order valence-corrected chi connectivity index (χ4v) is 5.81. The molecule has 2 aliphatic heterocycles. The fourth-order valence-electron chi connectivity index (χ4n) is 5.81. The number of likely N-dealkylation sites (N-methyl/N-ethyl adjacent to an activating group) is 1. The van der Waals surface area contributed by atoms with E-state index in [1.165, 1.54) is 60.7 Å². The second-order valence-electron chi connectivity index (χ2n) is 9.17. The van der Waals surface area contributed by atoms with Gasteiger partial charge in [-0.3, -0.25) is 4.90 Å². The maximum atomic E-state index is 2.69. The number of allylic oxidation sites excluding steroid dienone is 4. The molecule has 0 amide bonds. The van der Waals surface area contributed by atoms with Crippen LogP contribution in [0.15, 0.2) is 42.0 Å². The molecular weight excluding hydrogens is 328 g/mol. The summed E-state index contributed by atoms with van der Waals surface area (Å²) >= 11 is 0.